The first-order valence-corrected chi connectivity index (χ1v) is 14.7. The van der Waals surface area contributed by atoms with Crippen LogP contribution in [0.1, 0.15) is 83.1 Å². The fourth-order valence-electron chi connectivity index (χ4n) is 9.65. The van der Waals surface area contributed by atoms with Crippen molar-refractivity contribution < 1.29 is 39.1 Å². The van der Waals surface area contributed by atoms with Gasteiger partial charge in [0.25, 0.3) is 0 Å². The van der Waals surface area contributed by atoms with E-state index >= 15 is 0 Å². The molecule has 0 spiro atoms. The minimum atomic E-state index is -1.34. The van der Waals surface area contributed by atoms with Gasteiger partial charge in [0.1, 0.15) is 24.6 Å². The molecule has 0 bridgehead atoms. The molecule has 2 heterocycles. The molecule has 0 amide bonds. The maximum atomic E-state index is 12.9. The molecule has 4 aliphatic carbocycles. The number of hydrogen-bond donors (Lipinski definition) is 4. The Morgan fingerprint density at radius 2 is 1.77 bits per heavy atom. The summed E-state index contributed by atoms with van der Waals surface area (Å²) in [6, 6.07) is 3.29. The van der Waals surface area contributed by atoms with E-state index in [0.717, 1.165) is 37.7 Å². The monoisotopic (exact) mass is 546 g/mol. The Balaban J connectivity index is 1.20. The van der Waals surface area contributed by atoms with Gasteiger partial charge in [-0.3, -0.25) is 0 Å². The molecule has 39 heavy (non-hydrogen) atoms. The van der Waals surface area contributed by atoms with Crippen molar-refractivity contribution in [1.29, 1.82) is 0 Å². The Morgan fingerprint density at radius 1 is 0.974 bits per heavy atom. The standard InChI is InChI=1S/C30H42O9/c1-16-24(33)25(34)26(35)27(38-16)39-19-7-11-29(15-31)18(13-19)4-5-22-21(29)8-10-28(2)20(9-12-30(22,28)36)17-3-6-23(32)37-14-17/h3,6,14-16,18-22,24-27,33-36H,4-5,7-13H2,1-2H3/t16-,18+,19-,20+,21-,22+,24-,25+,26+,27-,28+,29+,30-/m0/s1. The summed E-state index contributed by atoms with van der Waals surface area (Å²) in [6.45, 7) is 3.82. The molecule has 4 saturated carbocycles. The normalized spacial score (nSPS) is 51.4. The number of aliphatic hydroxyl groups is 4. The largest absolute Gasteiger partial charge is 0.431 e. The maximum absolute atomic E-state index is 12.9. The van der Waals surface area contributed by atoms with Crippen molar-refractivity contribution in [2.45, 2.75) is 120 Å². The Labute approximate surface area is 228 Å². The summed E-state index contributed by atoms with van der Waals surface area (Å²) in [5, 5.41) is 43.0. The molecule has 0 radical (unpaired) electrons. The van der Waals surface area contributed by atoms with Gasteiger partial charge in [0, 0.05) is 16.9 Å². The second kappa shape index (κ2) is 9.74. The highest BCUT2D eigenvalue weighted by Gasteiger charge is 2.68. The Hall–Kier alpha value is -1.62. The summed E-state index contributed by atoms with van der Waals surface area (Å²) >= 11 is 0. The molecule has 9 nitrogen and oxygen atoms in total. The summed E-state index contributed by atoms with van der Waals surface area (Å²) in [4.78, 5) is 24.5. The fraction of sp³-hybridized carbons (Fsp3) is 0.800. The topological polar surface area (TPSA) is 147 Å². The third-order valence-corrected chi connectivity index (χ3v) is 11.8. The van der Waals surface area contributed by atoms with Gasteiger partial charge in [-0.05, 0) is 100 Å². The highest BCUT2D eigenvalue weighted by atomic mass is 16.7. The quantitative estimate of drug-likeness (QED) is 0.330. The van der Waals surface area contributed by atoms with Gasteiger partial charge < -0.3 is 39.1 Å². The molecule has 4 N–H and O–H groups in total. The predicted molar refractivity (Wildman–Crippen MR) is 139 cm³/mol. The first-order valence-electron chi connectivity index (χ1n) is 14.7. The van der Waals surface area contributed by atoms with Crippen LogP contribution in [0.4, 0.5) is 0 Å². The van der Waals surface area contributed by atoms with Crippen LogP contribution in [0, 0.1) is 28.6 Å². The number of aliphatic hydroxyl groups excluding tert-OH is 3. The lowest BCUT2D eigenvalue weighted by atomic mass is 9.43. The number of fused-ring (bicyclic) bond motifs is 5. The smallest absolute Gasteiger partial charge is 0.335 e. The Kier molecular flexibility index (Phi) is 6.88. The summed E-state index contributed by atoms with van der Waals surface area (Å²) in [5.41, 5.74) is -1.19. The third kappa shape index (κ3) is 4.02. The molecule has 1 aromatic rings. The molecular formula is C30H42O9. The molecule has 5 aliphatic rings. The van der Waals surface area contributed by atoms with Gasteiger partial charge in [-0.2, -0.15) is 0 Å². The van der Waals surface area contributed by atoms with Crippen molar-refractivity contribution >= 4 is 6.29 Å². The summed E-state index contributed by atoms with van der Waals surface area (Å²) in [5.74, 6) is 0.322. The Bertz CT molecular complexity index is 1120. The number of carbonyl (C=O) groups is 1. The average Bonchev–Trinajstić information content (AvgIpc) is 3.21. The van der Waals surface area contributed by atoms with Gasteiger partial charge in [0.15, 0.2) is 6.29 Å². The van der Waals surface area contributed by atoms with Crippen molar-refractivity contribution in [3.8, 4) is 0 Å². The lowest BCUT2D eigenvalue weighted by Crippen LogP contribution is -2.63. The molecule has 0 unspecified atom stereocenters. The molecule has 6 rings (SSSR count). The first-order chi connectivity index (χ1) is 18.5. The predicted octanol–water partition coefficient (Wildman–Crippen LogP) is 2.27. The number of rotatable bonds is 4. The van der Waals surface area contributed by atoms with Crippen molar-refractivity contribution in [2.75, 3.05) is 0 Å². The van der Waals surface area contributed by atoms with Gasteiger partial charge in [0.2, 0.25) is 0 Å². The zero-order valence-electron chi connectivity index (χ0n) is 22.8. The summed E-state index contributed by atoms with van der Waals surface area (Å²) in [7, 11) is 0. The van der Waals surface area contributed by atoms with E-state index in [1.54, 1.807) is 13.2 Å². The van der Waals surface area contributed by atoms with E-state index in [1.807, 2.05) is 6.07 Å². The van der Waals surface area contributed by atoms with Crippen molar-refractivity contribution in [2.24, 2.45) is 28.6 Å². The highest BCUT2D eigenvalue weighted by Crippen LogP contribution is 2.70. The van der Waals surface area contributed by atoms with Crippen molar-refractivity contribution in [3.05, 3.63) is 34.4 Å². The van der Waals surface area contributed by atoms with Gasteiger partial charge in [-0.1, -0.05) is 6.92 Å². The van der Waals surface area contributed by atoms with Crippen LogP contribution in [0.3, 0.4) is 0 Å². The van der Waals surface area contributed by atoms with E-state index < -0.39 is 41.7 Å². The van der Waals surface area contributed by atoms with Crippen LogP contribution in [0.5, 0.6) is 0 Å². The molecule has 216 valence electrons. The third-order valence-electron chi connectivity index (χ3n) is 11.8. The van der Waals surface area contributed by atoms with Crippen LogP contribution in [-0.2, 0) is 14.3 Å². The lowest BCUT2D eigenvalue weighted by molar-refractivity contribution is -0.309. The van der Waals surface area contributed by atoms with Crippen LogP contribution in [0.15, 0.2) is 27.6 Å². The van der Waals surface area contributed by atoms with E-state index in [9.17, 15) is 30.0 Å². The lowest BCUT2D eigenvalue weighted by Gasteiger charge is -2.63. The van der Waals surface area contributed by atoms with E-state index in [1.165, 1.54) is 12.4 Å². The first kappa shape index (κ1) is 27.5. The molecule has 0 aromatic carbocycles. The SMILES string of the molecule is C[C@@H]1O[C@@H](O[C@H]2CC[C@@]3(C=O)[C@H](CC[C@@H]4[C@@H]3CC[C@]3(C)[C@@H](c5ccc(=O)oc5)CC[C@]43O)C2)[C@H](O)[C@H](O)[C@H]1O. The molecule has 1 aromatic heterocycles. The molecule has 9 heteroatoms. The van der Waals surface area contributed by atoms with Crippen LogP contribution in [-0.4, -0.2) is 69.1 Å². The zero-order chi connectivity index (χ0) is 27.7. The summed E-state index contributed by atoms with van der Waals surface area (Å²) < 4.78 is 17.0. The van der Waals surface area contributed by atoms with Gasteiger partial charge in [0.05, 0.1) is 24.1 Å². The molecule has 1 aliphatic heterocycles. The van der Waals surface area contributed by atoms with Gasteiger partial charge in [-0.25, -0.2) is 4.79 Å². The molecule has 1 saturated heterocycles. The van der Waals surface area contributed by atoms with E-state index in [-0.39, 0.29) is 40.8 Å². The summed E-state index contributed by atoms with van der Waals surface area (Å²) in [6.07, 6.45) is 3.67. The van der Waals surface area contributed by atoms with Gasteiger partial charge >= 0.3 is 5.63 Å². The van der Waals surface area contributed by atoms with Crippen LogP contribution in [0.2, 0.25) is 0 Å². The van der Waals surface area contributed by atoms with Crippen molar-refractivity contribution in [1.82, 2.24) is 0 Å². The fourth-order valence-corrected chi connectivity index (χ4v) is 9.65. The number of carbonyl (C=O) groups excluding carboxylic acids is 1. The Morgan fingerprint density at radius 3 is 2.49 bits per heavy atom. The number of aldehydes is 1. The molecule has 5 fully saturated rings. The second-order valence-electron chi connectivity index (χ2n) is 13.3. The molecular weight excluding hydrogens is 504 g/mol. The minimum absolute atomic E-state index is 0.0249. The average molecular weight is 547 g/mol. The van der Waals surface area contributed by atoms with E-state index in [2.05, 4.69) is 6.92 Å². The minimum Gasteiger partial charge on any atom is -0.431 e. The highest BCUT2D eigenvalue weighted by molar-refractivity contribution is 5.62. The maximum Gasteiger partial charge on any atom is 0.335 e. The van der Waals surface area contributed by atoms with E-state index in [0.29, 0.717) is 25.7 Å². The van der Waals surface area contributed by atoms with Gasteiger partial charge in [-0.15, -0.1) is 0 Å². The van der Waals surface area contributed by atoms with E-state index in [4.69, 9.17) is 13.9 Å². The second-order valence-corrected chi connectivity index (χ2v) is 13.3. The van der Waals surface area contributed by atoms with Crippen LogP contribution >= 0.6 is 0 Å². The zero-order valence-corrected chi connectivity index (χ0v) is 22.8. The number of hydrogen-bond acceptors (Lipinski definition) is 9. The molecule has 13 atom stereocenters. The number of ether oxygens (including phenoxy) is 2. The van der Waals surface area contributed by atoms with Crippen LogP contribution < -0.4 is 5.63 Å². The van der Waals surface area contributed by atoms with Crippen LogP contribution in [0.25, 0.3) is 0 Å². The van der Waals surface area contributed by atoms with Crippen molar-refractivity contribution in [3.63, 3.8) is 0 Å².